The molecule has 3 nitrogen and oxygen atoms in total. The Balaban J connectivity index is 2.36. The number of methoxy groups -OCH3 is 1. The van der Waals surface area contributed by atoms with Crippen LogP contribution in [0.25, 0.3) is 0 Å². The highest BCUT2D eigenvalue weighted by Gasteiger charge is 2.34. The normalized spacial score (nSPS) is 25.9. The molecule has 1 aliphatic rings. The minimum absolute atomic E-state index is 0.487. The zero-order valence-electron chi connectivity index (χ0n) is 11.4. The van der Waals surface area contributed by atoms with E-state index in [9.17, 15) is 0 Å². The van der Waals surface area contributed by atoms with Gasteiger partial charge in [0.05, 0.1) is 0 Å². The lowest BCUT2D eigenvalue weighted by atomic mass is 9.73. The maximum atomic E-state index is 5.11. The van der Waals surface area contributed by atoms with Crippen LogP contribution in [0.5, 0.6) is 0 Å². The Hall–Kier alpha value is -0.120. The molecule has 1 rings (SSSR count). The minimum atomic E-state index is 0.487. The molecule has 0 aliphatic carbocycles. The van der Waals surface area contributed by atoms with Gasteiger partial charge in [0.25, 0.3) is 0 Å². The minimum Gasteiger partial charge on any atom is -0.385 e. The van der Waals surface area contributed by atoms with Crippen molar-refractivity contribution in [3.05, 3.63) is 0 Å². The van der Waals surface area contributed by atoms with Gasteiger partial charge in [0.2, 0.25) is 0 Å². The molecule has 1 unspecified atom stereocenters. The fourth-order valence-electron chi connectivity index (χ4n) is 2.52. The molecule has 0 bridgehead atoms. The molecule has 3 heteroatoms. The van der Waals surface area contributed by atoms with Crippen LogP contribution in [0.1, 0.15) is 26.7 Å². The van der Waals surface area contributed by atoms with Crippen LogP contribution >= 0.6 is 0 Å². The predicted octanol–water partition coefficient (Wildman–Crippen LogP) is 1.59. The van der Waals surface area contributed by atoms with E-state index in [2.05, 4.69) is 31.1 Å². The van der Waals surface area contributed by atoms with Crippen molar-refractivity contribution in [1.82, 2.24) is 10.2 Å². The fourth-order valence-corrected chi connectivity index (χ4v) is 2.52. The maximum absolute atomic E-state index is 5.11. The van der Waals surface area contributed by atoms with Gasteiger partial charge < -0.3 is 15.0 Å². The summed E-state index contributed by atoms with van der Waals surface area (Å²) in [5, 5.41) is 3.33. The van der Waals surface area contributed by atoms with Gasteiger partial charge in [-0.1, -0.05) is 13.8 Å². The first-order chi connectivity index (χ1) is 7.60. The van der Waals surface area contributed by atoms with Crippen LogP contribution in [0, 0.1) is 11.3 Å². The average Bonchev–Trinajstić information content (AvgIpc) is 2.23. The predicted molar refractivity (Wildman–Crippen MR) is 68.7 cm³/mol. The Kier molecular flexibility index (Phi) is 5.73. The van der Waals surface area contributed by atoms with E-state index in [-0.39, 0.29) is 0 Å². The van der Waals surface area contributed by atoms with Gasteiger partial charge in [-0.2, -0.15) is 0 Å². The summed E-state index contributed by atoms with van der Waals surface area (Å²) in [5.74, 6) is 0.772. The van der Waals surface area contributed by atoms with E-state index in [1.807, 2.05) is 0 Å². The van der Waals surface area contributed by atoms with Crippen LogP contribution in [0.3, 0.4) is 0 Å². The van der Waals surface area contributed by atoms with E-state index in [4.69, 9.17) is 4.74 Å². The van der Waals surface area contributed by atoms with Crippen LogP contribution < -0.4 is 5.32 Å². The third kappa shape index (κ3) is 4.04. The highest BCUT2D eigenvalue weighted by atomic mass is 16.5. The lowest BCUT2D eigenvalue weighted by Crippen LogP contribution is -2.48. The van der Waals surface area contributed by atoms with Gasteiger partial charge in [-0.05, 0) is 44.3 Å². The van der Waals surface area contributed by atoms with E-state index < -0.39 is 0 Å². The summed E-state index contributed by atoms with van der Waals surface area (Å²) in [4.78, 5) is 2.59. The zero-order valence-corrected chi connectivity index (χ0v) is 11.4. The van der Waals surface area contributed by atoms with E-state index in [1.165, 1.54) is 26.1 Å². The monoisotopic (exact) mass is 228 g/mol. The number of likely N-dealkylation sites (tertiary alicyclic amines) is 1. The molecular formula is C13H28N2O. The van der Waals surface area contributed by atoms with Gasteiger partial charge in [0.1, 0.15) is 0 Å². The van der Waals surface area contributed by atoms with Crippen molar-refractivity contribution < 1.29 is 4.74 Å². The first kappa shape index (κ1) is 13.9. The Morgan fingerprint density at radius 1 is 1.44 bits per heavy atom. The molecule has 0 saturated carbocycles. The quantitative estimate of drug-likeness (QED) is 0.699. The second kappa shape index (κ2) is 6.58. The molecule has 0 radical (unpaired) electrons. The second-order valence-electron chi connectivity index (χ2n) is 5.64. The summed E-state index contributed by atoms with van der Waals surface area (Å²) < 4.78 is 5.11. The molecule has 1 heterocycles. The van der Waals surface area contributed by atoms with Crippen LogP contribution in [-0.2, 0) is 4.74 Å². The van der Waals surface area contributed by atoms with Gasteiger partial charge in [-0.3, -0.25) is 0 Å². The van der Waals surface area contributed by atoms with Gasteiger partial charge in [0.15, 0.2) is 0 Å². The van der Waals surface area contributed by atoms with Crippen molar-refractivity contribution in [3.8, 4) is 0 Å². The average molecular weight is 228 g/mol. The summed E-state index contributed by atoms with van der Waals surface area (Å²) in [5.41, 5.74) is 0.487. The molecule has 1 atom stereocenters. The van der Waals surface area contributed by atoms with E-state index in [0.29, 0.717) is 5.41 Å². The van der Waals surface area contributed by atoms with E-state index >= 15 is 0 Å². The Morgan fingerprint density at radius 2 is 2.19 bits per heavy atom. The largest absolute Gasteiger partial charge is 0.385 e. The molecule has 0 amide bonds. The number of hydrogen-bond donors (Lipinski definition) is 1. The lowest BCUT2D eigenvalue weighted by Gasteiger charge is -2.44. The Morgan fingerprint density at radius 3 is 2.81 bits per heavy atom. The number of piperidine rings is 1. The Bertz CT molecular complexity index is 194. The van der Waals surface area contributed by atoms with Crippen molar-refractivity contribution in [2.24, 2.45) is 11.3 Å². The molecule has 1 saturated heterocycles. The van der Waals surface area contributed by atoms with Gasteiger partial charge in [-0.25, -0.2) is 0 Å². The summed E-state index contributed by atoms with van der Waals surface area (Å²) in [7, 11) is 3.84. The topological polar surface area (TPSA) is 24.5 Å². The van der Waals surface area contributed by atoms with Crippen molar-refractivity contribution in [1.29, 1.82) is 0 Å². The van der Waals surface area contributed by atoms with Gasteiger partial charge in [0, 0.05) is 26.8 Å². The molecular weight excluding hydrogens is 200 g/mol. The molecule has 0 aromatic heterocycles. The first-order valence-corrected chi connectivity index (χ1v) is 6.46. The van der Waals surface area contributed by atoms with Crippen LogP contribution in [0.15, 0.2) is 0 Å². The van der Waals surface area contributed by atoms with E-state index in [0.717, 1.165) is 25.5 Å². The standard InChI is InChI=1S/C13H28N2O/c1-13(2)6-8-15(7-5-9-16-4)11-12(13)10-14-3/h12,14H,5-11H2,1-4H3. The Labute approximate surface area is 101 Å². The van der Waals surface area contributed by atoms with Crippen LogP contribution in [0.4, 0.5) is 0 Å². The lowest BCUT2D eigenvalue weighted by molar-refractivity contribution is 0.0553. The molecule has 0 aromatic carbocycles. The fraction of sp³-hybridized carbons (Fsp3) is 1.00. The molecule has 1 aliphatic heterocycles. The van der Waals surface area contributed by atoms with Gasteiger partial charge in [-0.15, -0.1) is 0 Å². The molecule has 0 spiro atoms. The summed E-state index contributed by atoms with van der Waals surface area (Å²) >= 11 is 0. The SMILES string of the molecule is CNCC1CN(CCCOC)CCC1(C)C. The number of rotatable bonds is 6. The molecule has 16 heavy (non-hydrogen) atoms. The molecule has 1 N–H and O–H groups in total. The van der Waals surface area contributed by atoms with Crippen molar-refractivity contribution in [2.45, 2.75) is 26.7 Å². The van der Waals surface area contributed by atoms with Crippen molar-refractivity contribution >= 4 is 0 Å². The van der Waals surface area contributed by atoms with Crippen molar-refractivity contribution in [2.75, 3.05) is 46.9 Å². The van der Waals surface area contributed by atoms with Crippen LogP contribution in [-0.4, -0.2) is 51.8 Å². The summed E-state index contributed by atoms with van der Waals surface area (Å²) in [6.45, 7) is 10.5. The highest BCUT2D eigenvalue weighted by molar-refractivity contribution is 4.87. The zero-order chi connectivity index (χ0) is 12.0. The number of nitrogens with zero attached hydrogens (tertiary/aromatic N) is 1. The third-order valence-corrected chi connectivity index (χ3v) is 3.93. The van der Waals surface area contributed by atoms with Crippen molar-refractivity contribution in [3.63, 3.8) is 0 Å². The first-order valence-electron chi connectivity index (χ1n) is 6.46. The molecule has 1 fully saturated rings. The maximum Gasteiger partial charge on any atom is 0.0474 e. The smallest absolute Gasteiger partial charge is 0.0474 e. The van der Waals surface area contributed by atoms with Gasteiger partial charge >= 0.3 is 0 Å². The number of nitrogens with one attached hydrogen (secondary N) is 1. The van der Waals surface area contributed by atoms with Crippen LogP contribution in [0.2, 0.25) is 0 Å². The third-order valence-electron chi connectivity index (χ3n) is 3.93. The molecule has 0 aromatic rings. The van der Waals surface area contributed by atoms with E-state index in [1.54, 1.807) is 7.11 Å². The second-order valence-corrected chi connectivity index (χ2v) is 5.64. The number of ether oxygens (including phenoxy) is 1. The summed E-state index contributed by atoms with van der Waals surface area (Å²) in [6.07, 6.45) is 2.47. The number of hydrogen-bond acceptors (Lipinski definition) is 3. The molecule has 96 valence electrons. The summed E-state index contributed by atoms with van der Waals surface area (Å²) in [6, 6.07) is 0. The highest BCUT2D eigenvalue weighted by Crippen LogP contribution is 2.35.